The number of ether oxygens (including phenoxy) is 1. The number of benzene rings is 1. The molecule has 1 aromatic rings. The molecule has 0 saturated carbocycles. The summed E-state index contributed by atoms with van der Waals surface area (Å²) in [4.78, 5) is 13.2. The topological polar surface area (TPSA) is 41.6 Å². The van der Waals surface area contributed by atoms with Gasteiger partial charge in [0.2, 0.25) is 0 Å². The molecule has 0 aromatic heterocycles. The van der Waals surface area contributed by atoms with Gasteiger partial charge in [0.15, 0.2) is 0 Å². The van der Waals surface area contributed by atoms with Gasteiger partial charge >= 0.3 is 6.09 Å². The van der Waals surface area contributed by atoms with Crippen LogP contribution in [0.2, 0.25) is 0 Å². The van der Waals surface area contributed by atoms with Gasteiger partial charge in [-0.3, -0.25) is 0 Å². The molecule has 1 N–H and O–H groups in total. The van der Waals surface area contributed by atoms with Crippen LogP contribution >= 0.6 is 12.4 Å². The lowest BCUT2D eigenvalue weighted by molar-refractivity contribution is -0.195. The van der Waals surface area contributed by atoms with E-state index in [1.165, 1.54) is 4.90 Å². The van der Waals surface area contributed by atoms with Crippen LogP contribution < -0.4 is 5.32 Å². The molecular formula is C15H19ClF2N2O2. The summed E-state index contributed by atoms with van der Waals surface area (Å²) in [5.74, 6) is -2.76. The van der Waals surface area contributed by atoms with Crippen LogP contribution in [0.3, 0.4) is 0 Å². The van der Waals surface area contributed by atoms with Crippen molar-refractivity contribution in [2.45, 2.75) is 19.0 Å². The van der Waals surface area contributed by atoms with Crippen molar-refractivity contribution in [2.24, 2.45) is 5.41 Å². The molecule has 0 aliphatic carbocycles. The summed E-state index contributed by atoms with van der Waals surface area (Å²) in [6, 6.07) is 9.30. The highest BCUT2D eigenvalue weighted by Crippen LogP contribution is 2.48. The second kappa shape index (κ2) is 6.38. The molecule has 2 heterocycles. The number of amides is 1. The number of hydrogen-bond donors (Lipinski definition) is 1. The third-order valence-electron chi connectivity index (χ3n) is 4.35. The van der Waals surface area contributed by atoms with Crippen LogP contribution in [0.15, 0.2) is 30.3 Å². The van der Waals surface area contributed by atoms with Crippen LogP contribution in [0.5, 0.6) is 0 Å². The minimum absolute atomic E-state index is 0. The average molecular weight is 333 g/mol. The fourth-order valence-electron chi connectivity index (χ4n) is 2.96. The number of likely N-dealkylation sites (tertiary alicyclic amines) is 1. The smallest absolute Gasteiger partial charge is 0.410 e. The van der Waals surface area contributed by atoms with Gasteiger partial charge in [0.05, 0.1) is 12.0 Å². The maximum Gasteiger partial charge on any atom is 0.410 e. The van der Waals surface area contributed by atoms with Crippen LogP contribution in [0.4, 0.5) is 13.6 Å². The maximum absolute atomic E-state index is 14.0. The number of piperidine rings is 1. The molecule has 2 aliphatic rings. The van der Waals surface area contributed by atoms with Crippen molar-refractivity contribution in [3.05, 3.63) is 35.9 Å². The van der Waals surface area contributed by atoms with Gasteiger partial charge in [0.25, 0.3) is 5.92 Å². The van der Waals surface area contributed by atoms with Crippen molar-refractivity contribution >= 4 is 18.5 Å². The number of rotatable bonds is 2. The first-order chi connectivity index (χ1) is 10.0. The van der Waals surface area contributed by atoms with E-state index < -0.39 is 17.4 Å². The summed E-state index contributed by atoms with van der Waals surface area (Å²) >= 11 is 0. The fourth-order valence-corrected chi connectivity index (χ4v) is 2.96. The highest BCUT2D eigenvalue weighted by Gasteiger charge is 2.62. The molecule has 1 spiro atoms. The van der Waals surface area contributed by atoms with Crippen molar-refractivity contribution in [3.8, 4) is 0 Å². The summed E-state index contributed by atoms with van der Waals surface area (Å²) in [6.45, 7) is 0.591. The second-order valence-corrected chi connectivity index (χ2v) is 5.81. The predicted octanol–water partition coefficient (Wildman–Crippen LogP) is 2.68. The van der Waals surface area contributed by atoms with Crippen LogP contribution in [0.25, 0.3) is 0 Å². The Bertz CT molecular complexity index is 522. The Hall–Kier alpha value is -1.40. The largest absolute Gasteiger partial charge is 0.445 e. The van der Waals surface area contributed by atoms with Gasteiger partial charge in [-0.25, -0.2) is 13.6 Å². The van der Waals surface area contributed by atoms with Gasteiger partial charge < -0.3 is 15.0 Å². The molecule has 2 fully saturated rings. The number of nitrogens with zero attached hydrogens (tertiary/aromatic N) is 1. The molecule has 2 aliphatic heterocycles. The van der Waals surface area contributed by atoms with Gasteiger partial charge in [0.1, 0.15) is 6.61 Å². The molecule has 0 bridgehead atoms. The van der Waals surface area contributed by atoms with E-state index >= 15 is 0 Å². The monoisotopic (exact) mass is 332 g/mol. The zero-order valence-corrected chi connectivity index (χ0v) is 12.9. The minimum Gasteiger partial charge on any atom is -0.445 e. The van der Waals surface area contributed by atoms with Crippen molar-refractivity contribution in [2.75, 3.05) is 26.2 Å². The molecule has 1 aromatic carbocycles. The zero-order valence-electron chi connectivity index (χ0n) is 12.1. The summed E-state index contributed by atoms with van der Waals surface area (Å²) in [6.07, 6.45) is -0.124. The van der Waals surface area contributed by atoms with Gasteiger partial charge in [-0.1, -0.05) is 30.3 Å². The van der Waals surface area contributed by atoms with Crippen molar-refractivity contribution in [1.29, 1.82) is 0 Å². The lowest BCUT2D eigenvalue weighted by Crippen LogP contribution is -2.70. The Balaban J connectivity index is 0.00000176. The van der Waals surface area contributed by atoms with E-state index in [0.717, 1.165) is 5.56 Å². The van der Waals surface area contributed by atoms with Gasteiger partial charge in [-0.15, -0.1) is 12.4 Å². The summed E-state index contributed by atoms with van der Waals surface area (Å²) in [7, 11) is 0. The van der Waals surface area contributed by atoms with E-state index in [9.17, 15) is 13.6 Å². The SMILES string of the molecule is Cl.O=C(OCc1ccccc1)N1CC2(CCNCC2(F)F)C1. The third-order valence-corrected chi connectivity index (χ3v) is 4.35. The van der Waals surface area contributed by atoms with Crippen molar-refractivity contribution < 1.29 is 18.3 Å². The first-order valence-electron chi connectivity index (χ1n) is 7.07. The maximum atomic E-state index is 14.0. The van der Waals surface area contributed by atoms with E-state index in [-0.39, 0.29) is 38.6 Å². The Morgan fingerprint density at radius 2 is 1.95 bits per heavy atom. The standard InChI is InChI=1S/C15H18F2N2O2.ClH/c16-15(17)9-18-7-6-14(15)10-19(11-14)13(20)21-8-12-4-2-1-3-5-12;/h1-5,18H,6-11H2;1H. The molecule has 122 valence electrons. The quantitative estimate of drug-likeness (QED) is 0.905. The van der Waals surface area contributed by atoms with Gasteiger partial charge in [0, 0.05) is 13.1 Å². The van der Waals surface area contributed by atoms with Crippen LogP contribution in [-0.2, 0) is 11.3 Å². The number of carbonyl (C=O) groups excluding carboxylic acids is 1. The Morgan fingerprint density at radius 1 is 1.27 bits per heavy atom. The van der Waals surface area contributed by atoms with E-state index in [0.29, 0.717) is 13.0 Å². The van der Waals surface area contributed by atoms with E-state index in [1.807, 2.05) is 30.3 Å². The molecule has 0 atom stereocenters. The lowest BCUT2D eigenvalue weighted by atomic mass is 9.70. The Morgan fingerprint density at radius 3 is 2.59 bits per heavy atom. The molecule has 0 unspecified atom stereocenters. The molecular weight excluding hydrogens is 314 g/mol. The summed E-state index contributed by atoms with van der Waals surface area (Å²) in [5.41, 5.74) is -0.183. The molecule has 0 radical (unpaired) electrons. The number of alkyl halides is 2. The molecule has 7 heteroatoms. The summed E-state index contributed by atoms with van der Waals surface area (Å²) in [5, 5.41) is 2.70. The third kappa shape index (κ3) is 3.03. The Labute approximate surface area is 134 Å². The van der Waals surface area contributed by atoms with Crippen molar-refractivity contribution in [3.63, 3.8) is 0 Å². The lowest BCUT2D eigenvalue weighted by Gasteiger charge is -2.55. The summed E-state index contributed by atoms with van der Waals surface area (Å²) < 4.78 is 33.1. The van der Waals surface area contributed by atoms with E-state index in [1.54, 1.807) is 0 Å². The number of carbonyl (C=O) groups is 1. The number of nitrogens with one attached hydrogen (secondary N) is 1. The number of halogens is 3. The molecule has 1 amide bonds. The van der Waals surface area contributed by atoms with Crippen LogP contribution in [0.1, 0.15) is 12.0 Å². The highest BCUT2D eigenvalue weighted by molar-refractivity contribution is 5.85. The van der Waals surface area contributed by atoms with Gasteiger partial charge in [-0.2, -0.15) is 0 Å². The van der Waals surface area contributed by atoms with Crippen LogP contribution in [-0.4, -0.2) is 43.1 Å². The average Bonchev–Trinajstić information content (AvgIpc) is 2.43. The fraction of sp³-hybridized carbons (Fsp3) is 0.533. The first kappa shape index (κ1) is 17.0. The number of hydrogen-bond acceptors (Lipinski definition) is 3. The van der Waals surface area contributed by atoms with E-state index in [2.05, 4.69) is 5.32 Å². The highest BCUT2D eigenvalue weighted by atomic mass is 35.5. The van der Waals surface area contributed by atoms with Gasteiger partial charge in [-0.05, 0) is 18.5 Å². The van der Waals surface area contributed by atoms with E-state index in [4.69, 9.17) is 4.74 Å². The normalized spacial score (nSPS) is 21.6. The molecule has 4 nitrogen and oxygen atoms in total. The van der Waals surface area contributed by atoms with Crippen molar-refractivity contribution in [1.82, 2.24) is 10.2 Å². The zero-order chi connectivity index (χ0) is 14.9. The Kier molecular flexibility index (Phi) is 4.92. The molecule has 2 saturated heterocycles. The predicted molar refractivity (Wildman–Crippen MR) is 80.3 cm³/mol. The second-order valence-electron chi connectivity index (χ2n) is 5.81. The molecule has 22 heavy (non-hydrogen) atoms. The molecule has 3 rings (SSSR count). The van der Waals surface area contributed by atoms with Crippen LogP contribution in [0, 0.1) is 5.41 Å². The first-order valence-corrected chi connectivity index (χ1v) is 7.07. The minimum atomic E-state index is -2.76.